The van der Waals surface area contributed by atoms with Gasteiger partial charge in [0.2, 0.25) is 0 Å². The van der Waals surface area contributed by atoms with Gasteiger partial charge in [0.05, 0.1) is 7.11 Å². The summed E-state index contributed by atoms with van der Waals surface area (Å²) in [5.41, 5.74) is 0.453. The van der Waals surface area contributed by atoms with Crippen molar-refractivity contribution in [1.82, 2.24) is 0 Å². The van der Waals surface area contributed by atoms with Crippen molar-refractivity contribution >= 4 is 21.4 Å². The van der Waals surface area contributed by atoms with Gasteiger partial charge < -0.3 is 9.84 Å². The van der Waals surface area contributed by atoms with Gasteiger partial charge in [-0.2, -0.15) is 0 Å². The molecular formula is C13H19ClO4S. The number of aliphatic hydroxyl groups excluding tert-OH is 1. The average Bonchev–Trinajstić information content (AvgIpc) is 2.45. The minimum Gasteiger partial charge on any atom is -0.497 e. The molecule has 4 nitrogen and oxygen atoms in total. The molecule has 2 atom stereocenters. The largest absolute Gasteiger partial charge is 0.497 e. The standard InChI is InChI=1S/C13H19ClO4S/c1-4-13(14,19(16,17)5-2)12(15)10-6-8-11(18-3)9-7-10/h6-9,12,15H,4-5H2,1-3H3/t12-,13+/m1/s1. The minimum atomic E-state index is -3.59. The molecule has 1 aromatic carbocycles. The Labute approximate surface area is 119 Å². The van der Waals surface area contributed by atoms with Crippen LogP contribution < -0.4 is 4.74 Å². The van der Waals surface area contributed by atoms with E-state index in [4.69, 9.17) is 16.3 Å². The topological polar surface area (TPSA) is 63.6 Å². The van der Waals surface area contributed by atoms with E-state index in [9.17, 15) is 13.5 Å². The molecule has 0 aliphatic heterocycles. The number of alkyl halides is 1. The molecule has 1 rings (SSSR count). The van der Waals surface area contributed by atoms with Crippen LogP contribution in [-0.4, -0.2) is 30.6 Å². The van der Waals surface area contributed by atoms with Crippen LogP contribution in [0, 0.1) is 0 Å². The van der Waals surface area contributed by atoms with Gasteiger partial charge in [0, 0.05) is 5.75 Å². The van der Waals surface area contributed by atoms with Crippen LogP contribution in [0.1, 0.15) is 31.9 Å². The highest BCUT2D eigenvalue weighted by Crippen LogP contribution is 2.40. The van der Waals surface area contributed by atoms with E-state index in [0.717, 1.165) is 0 Å². The van der Waals surface area contributed by atoms with Crippen LogP contribution in [-0.2, 0) is 9.84 Å². The van der Waals surface area contributed by atoms with Crippen molar-refractivity contribution < 1.29 is 18.3 Å². The van der Waals surface area contributed by atoms with Crippen LogP contribution >= 0.6 is 11.6 Å². The van der Waals surface area contributed by atoms with E-state index in [1.807, 2.05) is 0 Å². The summed E-state index contributed by atoms with van der Waals surface area (Å²) in [6.45, 7) is 3.16. The fourth-order valence-electron chi connectivity index (χ4n) is 1.86. The van der Waals surface area contributed by atoms with E-state index in [2.05, 4.69) is 0 Å². The lowest BCUT2D eigenvalue weighted by molar-refractivity contribution is 0.154. The maximum absolute atomic E-state index is 12.1. The fraction of sp³-hybridized carbons (Fsp3) is 0.538. The first kappa shape index (κ1) is 16.3. The first-order valence-electron chi connectivity index (χ1n) is 6.05. The van der Waals surface area contributed by atoms with Crippen LogP contribution in [0.5, 0.6) is 5.75 Å². The van der Waals surface area contributed by atoms with Gasteiger partial charge in [0.1, 0.15) is 11.9 Å². The number of hydrogen-bond donors (Lipinski definition) is 1. The highest BCUT2D eigenvalue weighted by atomic mass is 35.5. The lowest BCUT2D eigenvalue weighted by Gasteiger charge is -2.30. The molecule has 0 spiro atoms. The average molecular weight is 307 g/mol. The number of aliphatic hydroxyl groups is 1. The lowest BCUT2D eigenvalue weighted by atomic mass is 10.0. The molecule has 19 heavy (non-hydrogen) atoms. The first-order valence-corrected chi connectivity index (χ1v) is 8.08. The zero-order valence-electron chi connectivity index (χ0n) is 11.3. The summed E-state index contributed by atoms with van der Waals surface area (Å²) in [6, 6.07) is 6.54. The van der Waals surface area contributed by atoms with Crippen molar-refractivity contribution in [2.75, 3.05) is 12.9 Å². The third-order valence-electron chi connectivity index (χ3n) is 3.22. The van der Waals surface area contributed by atoms with Crippen LogP contribution in [0.15, 0.2) is 24.3 Å². The minimum absolute atomic E-state index is 0.114. The maximum atomic E-state index is 12.1. The molecule has 0 heterocycles. The highest BCUT2D eigenvalue weighted by Gasteiger charge is 2.46. The number of halogens is 1. The first-order chi connectivity index (χ1) is 8.82. The van der Waals surface area contributed by atoms with E-state index in [1.165, 1.54) is 14.0 Å². The zero-order chi connectivity index (χ0) is 14.7. The van der Waals surface area contributed by atoms with Crippen molar-refractivity contribution in [3.8, 4) is 5.75 Å². The number of ether oxygens (including phenoxy) is 1. The van der Waals surface area contributed by atoms with E-state index in [1.54, 1.807) is 31.2 Å². The van der Waals surface area contributed by atoms with E-state index in [-0.39, 0.29) is 12.2 Å². The summed E-state index contributed by atoms with van der Waals surface area (Å²) in [5, 5.41) is 10.3. The Kier molecular flexibility index (Phi) is 5.24. The molecule has 0 radical (unpaired) electrons. The second-order valence-electron chi connectivity index (χ2n) is 4.22. The predicted molar refractivity (Wildman–Crippen MR) is 76.3 cm³/mol. The zero-order valence-corrected chi connectivity index (χ0v) is 12.8. The summed E-state index contributed by atoms with van der Waals surface area (Å²) >= 11 is 6.20. The Balaban J connectivity index is 3.17. The van der Waals surface area contributed by atoms with Gasteiger partial charge in [-0.05, 0) is 24.1 Å². The Bertz CT molecular complexity index is 512. The molecule has 108 valence electrons. The van der Waals surface area contributed by atoms with E-state index >= 15 is 0 Å². The van der Waals surface area contributed by atoms with E-state index < -0.39 is 20.1 Å². The maximum Gasteiger partial charge on any atom is 0.175 e. The lowest BCUT2D eigenvalue weighted by Crippen LogP contribution is -2.39. The number of hydrogen-bond acceptors (Lipinski definition) is 4. The third kappa shape index (κ3) is 3.04. The molecule has 0 aliphatic carbocycles. The van der Waals surface area contributed by atoms with Gasteiger partial charge in [-0.1, -0.05) is 37.6 Å². The summed E-state index contributed by atoms with van der Waals surface area (Å²) in [6.07, 6.45) is -1.16. The molecule has 0 aliphatic rings. The van der Waals surface area contributed by atoms with Crippen molar-refractivity contribution in [2.24, 2.45) is 0 Å². The van der Waals surface area contributed by atoms with Crippen molar-refractivity contribution in [3.63, 3.8) is 0 Å². The Morgan fingerprint density at radius 2 is 1.84 bits per heavy atom. The molecule has 6 heteroatoms. The van der Waals surface area contributed by atoms with E-state index in [0.29, 0.717) is 11.3 Å². The fourth-order valence-corrected chi connectivity index (χ4v) is 3.71. The Morgan fingerprint density at radius 3 is 2.21 bits per heavy atom. The monoisotopic (exact) mass is 306 g/mol. The molecule has 0 fully saturated rings. The van der Waals surface area contributed by atoms with Crippen LogP contribution in [0.4, 0.5) is 0 Å². The molecule has 0 amide bonds. The van der Waals surface area contributed by atoms with Gasteiger partial charge in [0.15, 0.2) is 14.0 Å². The quantitative estimate of drug-likeness (QED) is 0.820. The number of rotatable bonds is 6. The smallest absolute Gasteiger partial charge is 0.175 e. The van der Waals surface area contributed by atoms with Crippen LogP contribution in [0.3, 0.4) is 0 Å². The van der Waals surface area contributed by atoms with Crippen molar-refractivity contribution in [1.29, 1.82) is 0 Å². The number of benzene rings is 1. The predicted octanol–water partition coefficient (Wildman–Crippen LogP) is 2.51. The molecule has 0 saturated carbocycles. The SMILES string of the molecule is CC[C@@](Cl)([C@H](O)c1ccc(OC)cc1)S(=O)(=O)CC. The summed E-state index contributed by atoms with van der Waals surface area (Å²) in [7, 11) is -2.06. The molecule has 1 aromatic rings. The van der Waals surface area contributed by atoms with Gasteiger partial charge in [-0.15, -0.1) is 0 Å². The molecule has 0 saturated heterocycles. The molecule has 0 aromatic heterocycles. The summed E-state index contributed by atoms with van der Waals surface area (Å²) < 4.78 is 27.5. The highest BCUT2D eigenvalue weighted by molar-refractivity contribution is 7.94. The molecule has 1 N–H and O–H groups in total. The summed E-state index contributed by atoms with van der Waals surface area (Å²) in [5.74, 6) is 0.517. The Hall–Kier alpha value is -0.780. The normalized spacial score (nSPS) is 16.7. The van der Waals surface area contributed by atoms with Crippen molar-refractivity contribution in [2.45, 2.75) is 30.6 Å². The Morgan fingerprint density at radius 1 is 1.32 bits per heavy atom. The van der Waals surface area contributed by atoms with Gasteiger partial charge in [0.25, 0.3) is 0 Å². The summed E-state index contributed by atoms with van der Waals surface area (Å²) in [4.78, 5) is 0. The number of methoxy groups -OCH3 is 1. The molecular weight excluding hydrogens is 288 g/mol. The molecule has 0 unspecified atom stereocenters. The second-order valence-corrected chi connectivity index (χ2v) is 7.65. The van der Waals surface area contributed by atoms with Crippen LogP contribution in [0.25, 0.3) is 0 Å². The van der Waals surface area contributed by atoms with Crippen LogP contribution in [0.2, 0.25) is 0 Å². The van der Waals surface area contributed by atoms with Gasteiger partial charge in [-0.3, -0.25) is 0 Å². The van der Waals surface area contributed by atoms with Gasteiger partial charge in [-0.25, -0.2) is 8.42 Å². The molecule has 0 bridgehead atoms. The number of sulfone groups is 1. The third-order valence-corrected chi connectivity index (χ3v) is 6.70. The second kappa shape index (κ2) is 6.11. The van der Waals surface area contributed by atoms with Crippen molar-refractivity contribution in [3.05, 3.63) is 29.8 Å². The van der Waals surface area contributed by atoms with Gasteiger partial charge >= 0.3 is 0 Å².